The molecule has 0 saturated heterocycles. The summed E-state index contributed by atoms with van der Waals surface area (Å²) in [5.74, 6) is 0.980. The highest BCUT2D eigenvalue weighted by molar-refractivity contribution is 5.79. The van der Waals surface area contributed by atoms with E-state index in [4.69, 9.17) is 4.74 Å². The number of ether oxygens (including phenoxy) is 2. The van der Waals surface area contributed by atoms with Crippen LogP contribution in [-0.4, -0.2) is 25.7 Å². The molecule has 5 nitrogen and oxygen atoms in total. The first-order valence-electron chi connectivity index (χ1n) is 8.89. The first-order valence-corrected chi connectivity index (χ1v) is 8.89. The van der Waals surface area contributed by atoms with Crippen molar-refractivity contribution < 1.29 is 18.3 Å². The molecule has 0 amide bonds. The molecule has 2 aromatic rings. The predicted molar refractivity (Wildman–Crippen MR) is 102 cm³/mol. The fourth-order valence-electron chi connectivity index (χ4n) is 2.41. The first-order chi connectivity index (χ1) is 13.1. The molecule has 0 aliphatic carbocycles. The van der Waals surface area contributed by atoms with Crippen molar-refractivity contribution in [3.8, 4) is 11.5 Å². The van der Waals surface area contributed by atoms with Crippen LogP contribution in [0.3, 0.4) is 0 Å². The molecule has 0 aromatic heterocycles. The number of benzene rings is 2. The zero-order valence-corrected chi connectivity index (χ0v) is 15.5. The highest BCUT2D eigenvalue weighted by atomic mass is 19.3. The molecule has 0 atom stereocenters. The third-order valence-electron chi connectivity index (χ3n) is 3.59. The monoisotopic (exact) mass is 377 g/mol. The topological polar surface area (TPSA) is 54.9 Å². The normalized spacial score (nSPS) is 11.4. The van der Waals surface area contributed by atoms with Crippen molar-refractivity contribution in [2.75, 3.05) is 13.2 Å². The van der Waals surface area contributed by atoms with Crippen LogP contribution in [0.1, 0.15) is 25.0 Å². The van der Waals surface area contributed by atoms with Crippen LogP contribution in [0.2, 0.25) is 0 Å². The molecule has 7 heteroatoms. The van der Waals surface area contributed by atoms with Gasteiger partial charge in [-0.05, 0) is 37.1 Å². The molecule has 146 valence electrons. The summed E-state index contributed by atoms with van der Waals surface area (Å²) in [6.45, 7) is 2.99. The second-order valence-corrected chi connectivity index (χ2v) is 5.63. The van der Waals surface area contributed by atoms with Crippen LogP contribution >= 0.6 is 0 Å². The van der Waals surface area contributed by atoms with Gasteiger partial charge < -0.3 is 20.1 Å². The standard InChI is InChI=1S/C20H25F2N3O2/c1-3-23-20(24-13-15-8-6-5-7-9-15)25-14-16-10-11-17(27-19(21)22)18(12-16)26-4-2/h5-12,19H,3-4,13-14H2,1-2H3,(H2,23,24,25). The predicted octanol–water partition coefficient (Wildman–Crippen LogP) is 3.94. The van der Waals surface area contributed by atoms with Crippen molar-refractivity contribution in [2.24, 2.45) is 4.99 Å². The zero-order valence-electron chi connectivity index (χ0n) is 15.5. The van der Waals surface area contributed by atoms with Gasteiger partial charge in [0.15, 0.2) is 17.5 Å². The minimum absolute atomic E-state index is 0.0219. The molecule has 2 aromatic carbocycles. The number of nitrogens with zero attached hydrogens (tertiary/aromatic N) is 1. The fraction of sp³-hybridized carbons (Fsp3) is 0.350. The summed E-state index contributed by atoms with van der Waals surface area (Å²) in [5, 5.41) is 6.45. The fourth-order valence-corrected chi connectivity index (χ4v) is 2.41. The summed E-state index contributed by atoms with van der Waals surface area (Å²) in [6.07, 6.45) is 0. The SMILES string of the molecule is CCNC(=NCc1ccc(OC(F)F)c(OCC)c1)NCc1ccccc1. The van der Waals surface area contributed by atoms with Crippen LogP contribution < -0.4 is 20.1 Å². The zero-order chi connectivity index (χ0) is 19.5. The van der Waals surface area contributed by atoms with E-state index >= 15 is 0 Å². The highest BCUT2D eigenvalue weighted by Gasteiger charge is 2.11. The number of aliphatic imine (C=N–C) groups is 1. The minimum atomic E-state index is -2.89. The van der Waals surface area contributed by atoms with Crippen molar-refractivity contribution in [1.29, 1.82) is 0 Å². The van der Waals surface area contributed by atoms with E-state index in [1.165, 1.54) is 6.07 Å². The van der Waals surface area contributed by atoms with Crippen molar-refractivity contribution in [3.05, 3.63) is 59.7 Å². The summed E-state index contributed by atoms with van der Waals surface area (Å²) in [6, 6.07) is 14.9. The number of alkyl halides is 2. The van der Waals surface area contributed by atoms with E-state index in [-0.39, 0.29) is 11.5 Å². The lowest BCUT2D eigenvalue weighted by molar-refractivity contribution is -0.0514. The van der Waals surface area contributed by atoms with E-state index in [0.29, 0.717) is 25.7 Å². The lowest BCUT2D eigenvalue weighted by Gasteiger charge is -2.13. The molecule has 0 spiro atoms. The quantitative estimate of drug-likeness (QED) is 0.513. The Morgan fingerprint density at radius 1 is 1.00 bits per heavy atom. The van der Waals surface area contributed by atoms with E-state index in [9.17, 15) is 8.78 Å². The van der Waals surface area contributed by atoms with Crippen LogP contribution in [0.25, 0.3) is 0 Å². The van der Waals surface area contributed by atoms with Gasteiger partial charge >= 0.3 is 6.61 Å². The van der Waals surface area contributed by atoms with Crippen LogP contribution in [0, 0.1) is 0 Å². The number of nitrogens with one attached hydrogen (secondary N) is 2. The Morgan fingerprint density at radius 3 is 2.44 bits per heavy atom. The molecule has 0 fully saturated rings. The van der Waals surface area contributed by atoms with Crippen molar-refractivity contribution in [2.45, 2.75) is 33.5 Å². The summed E-state index contributed by atoms with van der Waals surface area (Å²) in [5.41, 5.74) is 1.98. The molecule has 0 bridgehead atoms. The Labute approximate surface area is 158 Å². The lowest BCUT2D eigenvalue weighted by Crippen LogP contribution is -2.36. The maximum absolute atomic E-state index is 12.5. The average Bonchev–Trinajstić information content (AvgIpc) is 2.66. The Bertz CT molecular complexity index is 724. The maximum Gasteiger partial charge on any atom is 0.387 e. The van der Waals surface area contributed by atoms with Crippen LogP contribution in [0.4, 0.5) is 8.78 Å². The molecule has 0 saturated carbocycles. The Morgan fingerprint density at radius 2 is 1.78 bits per heavy atom. The van der Waals surface area contributed by atoms with Gasteiger partial charge in [-0.2, -0.15) is 8.78 Å². The molecule has 0 heterocycles. The number of rotatable bonds is 9. The van der Waals surface area contributed by atoms with Crippen LogP contribution in [-0.2, 0) is 13.1 Å². The van der Waals surface area contributed by atoms with Crippen LogP contribution in [0.15, 0.2) is 53.5 Å². The van der Waals surface area contributed by atoms with E-state index in [1.807, 2.05) is 37.3 Å². The van der Waals surface area contributed by atoms with Gasteiger partial charge in [-0.3, -0.25) is 0 Å². The van der Waals surface area contributed by atoms with E-state index < -0.39 is 6.61 Å². The molecule has 0 aliphatic heterocycles. The highest BCUT2D eigenvalue weighted by Crippen LogP contribution is 2.30. The van der Waals surface area contributed by atoms with Gasteiger partial charge in [0.1, 0.15) is 0 Å². The smallest absolute Gasteiger partial charge is 0.387 e. The summed E-state index contributed by atoms with van der Waals surface area (Å²) >= 11 is 0. The van der Waals surface area contributed by atoms with Gasteiger partial charge in [-0.15, -0.1) is 0 Å². The molecule has 0 radical (unpaired) electrons. The Balaban J connectivity index is 2.06. The molecule has 2 rings (SSSR count). The van der Waals surface area contributed by atoms with E-state index in [0.717, 1.165) is 17.7 Å². The molecule has 0 unspecified atom stereocenters. The number of hydrogen-bond acceptors (Lipinski definition) is 3. The third-order valence-corrected chi connectivity index (χ3v) is 3.59. The van der Waals surface area contributed by atoms with Crippen molar-refractivity contribution >= 4 is 5.96 Å². The largest absolute Gasteiger partial charge is 0.490 e. The average molecular weight is 377 g/mol. The first kappa shape index (κ1) is 20.5. The molecule has 0 aliphatic rings. The van der Waals surface area contributed by atoms with Gasteiger partial charge in [0.05, 0.1) is 13.2 Å². The number of guanidine groups is 1. The van der Waals surface area contributed by atoms with Gasteiger partial charge in [0.2, 0.25) is 0 Å². The lowest BCUT2D eigenvalue weighted by atomic mass is 10.2. The number of hydrogen-bond donors (Lipinski definition) is 2. The molecular weight excluding hydrogens is 352 g/mol. The van der Waals surface area contributed by atoms with Gasteiger partial charge in [-0.1, -0.05) is 36.4 Å². The van der Waals surface area contributed by atoms with Gasteiger partial charge in [0, 0.05) is 13.1 Å². The van der Waals surface area contributed by atoms with Crippen molar-refractivity contribution in [1.82, 2.24) is 10.6 Å². The second-order valence-electron chi connectivity index (χ2n) is 5.63. The summed E-state index contributed by atoms with van der Waals surface area (Å²) < 4.78 is 34.9. The third kappa shape index (κ3) is 7.13. The van der Waals surface area contributed by atoms with Gasteiger partial charge in [-0.25, -0.2) is 4.99 Å². The minimum Gasteiger partial charge on any atom is -0.490 e. The molecule has 27 heavy (non-hydrogen) atoms. The summed E-state index contributed by atoms with van der Waals surface area (Å²) in [7, 11) is 0. The van der Waals surface area contributed by atoms with E-state index in [1.54, 1.807) is 19.1 Å². The van der Waals surface area contributed by atoms with Gasteiger partial charge in [0.25, 0.3) is 0 Å². The van der Waals surface area contributed by atoms with Crippen molar-refractivity contribution in [3.63, 3.8) is 0 Å². The second kappa shape index (κ2) is 11.0. The molecular formula is C20H25F2N3O2. The molecule has 2 N–H and O–H groups in total. The van der Waals surface area contributed by atoms with E-state index in [2.05, 4.69) is 20.4 Å². The Kier molecular flexibility index (Phi) is 8.35. The maximum atomic E-state index is 12.5. The Hall–Kier alpha value is -2.83. The summed E-state index contributed by atoms with van der Waals surface area (Å²) in [4.78, 5) is 4.54. The number of halogens is 2. The van der Waals surface area contributed by atoms with Crippen LogP contribution in [0.5, 0.6) is 11.5 Å².